The third-order valence-electron chi connectivity index (χ3n) is 5.01. The van der Waals surface area contributed by atoms with E-state index in [0.29, 0.717) is 24.0 Å². The van der Waals surface area contributed by atoms with Crippen LogP contribution in [-0.4, -0.2) is 68.9 Å². The highest BCUT2D eigenvalue weighted by Gasteiger charge is 2.21. The molecule has 1 aliphatic rings. The summed E-state index contributed by atoms with van der Waals surface area (Å²) >= 11 is 0. The van der Waals surface area contributed by atoms with Crippen molar-refractivity contribution in [3.8, 4) is 0 Å². The van der Waals surface area contributed by atoms with Crippen LogP contribution >= 0.6 is 12.4 Å². The number of nitrogen functional groups attached to an aromatic ring is 1. The SMILES string of the molecule is CCn1cnc2c(Nc3cccc(N)c3)nc(N3CCN(CCO)CC3)nc21.Cl. The van der Waals surface area contributed by atoms with Gasteiger partial charge in [0, 0.05) is 50.6 Å². The molecule has 0 saturated carbocycles. The van der Waals surface area contributed by atoms with E-state index in [1.807, 2.05) is 28.8 Å². The van der Waals surface area contributed by atoms with Crippen LogP contribution < -0.4 is 16.0 Å². The van der Waals surface area contributed by atoms with Gasteiger partial charge in [0.05, 0.1) is 12.9 Å². The Morgan fingerprint density at radius 2 is 1.97 bits per heavy atom. The number of hydrogen-bond acceptors (Lipinski definition) is 8. The number of hydrogen-bond donors (Lipinski definition) is 3. The number of rotatable bonds is 6. The lowest BCUT2D eigenvalue weighted by atomic mass is 10.3. The summed E-state index contributed by atoms with van der Waals surface area (Å²) in [5, 5.41) is 12.5. The van der Waals surface area contributed by atoms with E-state index in [0.717, 1.165) is 49.6 Å². The fourth-order valence-electron chi connectivity index (χ4n) is 3.46. The molecule has 1 aromatic carbocycles. The molecule has 0 aliphatic carbocycles. The predicted molar refractivity (Wildman–Crippen MR) is 118 cm³/mol. The van der Waals surface area contributed by atoms with Crippen molar-refractivity contribution in [2.24, 2.45) is 0 Å². The summed E-state index contributed by atoms with van der Waals surface area (Å²) in [6.45, 7) is 7.16. The number of benzene rings is 1. The molecule has 9 nitrogen and oxygen atoms in total. The average molecular weight is 419 g/mol. The van der Waals surface area contributed by atoms with Gasteiger partial charge < -0.3 is 25.6 Å². The van der Waals surface area contributed by atoms with E-state index in [9.17, 15) is 0 Å². The number of aryl methyl sites for hydroxylation is 1. The largest absolute Gasteiger partial charge is 0.399 e. The molecular formula is C19H27ClN8O. The molecule has 0 bridgehead atoms. The second-order valence-electron chi connectivity index (χ2n) is 6.88. The van der Waals surface area contributed by atoms with Gasteiger partial charge in [-0.15, -0.1) is 12.4 Å². The highest BCUT2D eigenvalue weighted by molar-refractivity contribution is 5.87. The van der Waals surface area contributed by atoms with Crippen LogP contribution in [0.1, 0.15) is 6.92 Å². The molecule has 29 heavy (non-hydrogen) atoms. The maximum Gasteiger partial charge on any atom is 0.229 e. The van der Waals surface area contributed by atoms with Crippen LogP contribution in [0.3, 0.4) is 0 Å². The van der Waals surface area contributed by atoms with Crippen molar-refractivity contribution in [3.63, 3.8) is 0 Å². The third kappa shape index (κ3) is 4.52. The fraction of sp³-hybridized carbons (Fsp3) is 0.421. The fourth-order valence-corrected chi connectivity index (χ4v) is 3.46. The molecule has 3 heterocycles. The van der Waals surface area contributed by atoms with Gasteiger partial charge in [-0.25, -0.2) is 4.98 Å². The maximum atomic E-state index is 9.14. The van der Waals surface area contributed by atoms with Gasteiger partial charge in [0.15, 0.2) is 17.0 Å². The minimum Gasteiger partial charge on any atom is -0.399 e. The summed E-state index contributed by atoms with van der Waals surface area (Å²) in [4.78, 5) is 18.5. The van der Waals surface area contributed by atoms with E-state index in [2.05, 4.69) is 27.0 Å². The molecule has 1 fully saturated rings. The number of aromatic nitrogens is 4. The highest BCUT2D eigenvalue weighted by Crippen LogP contribution is 2.26. The molecule has 3 aromatic rings. The van der Waals surface area contributed by atoms with Crippen LogP contribution in [0.2, 0.25) is 0 Å². The molecule has 0 radical (unpaired) electrons. The van der Waals surface area contributed by atoms with Gasteiger partial charge in [0.2, 0.25) is 5.95 Å². The number of imidazole rings is 1. The number of nitrogens with one attached hydrogen (secondary N) is 1. The van der Waals surface area contributed by atoms with E-state index >= 15 is 0 Å². The summed E-state index contributed by atoms with van der Waals surface area (Å²) in [6, 6.07) is 7.58. The molecule has 1 aliphatic heterocycles. The lowest BCUT2D eigenvalue weighted by Crippen LogP contribution is -2.47. The van der Waals surface area contributed by atoms with Crippen LogP contribution in [-0.2, 0) is 6.54 Å². The average Bonchev–Trinajstić information content (AvgIpc) is 3.12. The number of piperazine rings is 1. The lowest BCUT2D eigenvalue weighted by molar-refractivity contribution is 0.188. The molecule has 0 atom stereocenters. The first kappa shape index (κ1) is 21.1. The van der Waals surface area contributed by atoms with E-state index in [1.165, 1.54) is 0 Å². The Morgan fingerprint density at radius 3 is 2.66 bits per heavy atom. The van der Waals surface area contributed by atoms with Crippen molar-refractivity contribution in [2.45, 2.75) is 13.5 Å². The molecule has 1 saturated heterocycles. The summed E-state index contributed by atoms with van der Waals surface area (Å²) < 4.78 is 2.02. The monoisotopic (exact) mass is 418 g/mol. The Balaban J connectivity index is 0.00000240. The minimum atomic E-state index is 0. The number of aliphatic hydroxyl groups excluding tert-OH is 1. The van der Waals surface area contributed by atoms with Crippen molar-refractivity contribution in [2.75, 3.05) is 55.3 Å². The predicted octanol–water partition coefficient (Wildman–Crippen LogP) is 1.71. The van der Waals surface area contributed by atoms with Crippen LogP contribution in [0, 0.1) is 0 Å². The van der Waals surface area contributed by atoms with Crippen molar-refractivity contribution < 1.29 is 5.11 Å². The van der Waals surface area contributed by atoms with Gasteiger partial charge in [0.1, 0.15) is 0 Å². The molecule has 0 amide bonds. The Morgan fingerprint density at radius 1 is 1.17 bits per heavy atom. The van der Waals surface area contributed by atoms with Crippen molar-refractivity contribution in [1.29, 1.82) is 0 Å². The minimum absolute atomic E-state index is 0. The summed E-state index contributed by atoms with van der Waals surface area (Å²) in [7, 11) is 0. The molecular weight excluding hydrogens is 392 g/mol. The highest BCUT2D eigenvalue weighted by atomic mass is 35.5. The molecule has 2 aromatic heterocycles. The van der Waals surface area contributed by atoms with Gasteiger partial charge in [-0.3, -0.25) is 4.90 Å². The van der Waals surface area contributed by atoms with Gasteiger partial charge in [0.25, 0.3) is 0 Å². The van der Waals surface area contributed by atoms with E-state index in [1.54, 1.807) is 6.33 Å². The maximum absolute atomic E-state index is 9.14. The zero-order chi connectivity index (χ0) is 19.5. The second kappa shape index (κ2) is 9.25. The molecule has 0 spiro atoms. The molecule has 156 valence electrons. The van der Waals surface area contributed by atoms with Crippen LogP contribution in [0.15, 0.2) is 30.6 Å². The molecule has 10 heteroatoms. The number of β-amino-alcohol motifs (C(OH)–C–C–N with tert-alkyl or cyclic N) is 1. The van der Waals surface area contributed by atoms with Gasteiger partial charge >= 0.3 is 0 Å². The molecule has 4 rings (SSSR count). The first-order valence-corrected chi connectivity index (χ1v) is 9.61. The molecule has 4 N–H and O–H groups in total. The second-order valence-corrected chi connectivity index (χ2v) is 6.88. The zero-order valence-corrected chi connectivity index (χ0v) is 17.3. The Kier molecular flexibility index (Phi) is 6.73. The lowest BCUT2D eigenvalue weighted by Gasteiger charge is -2.34. The number of aliphatic hydroxyl groups is 1. The number of fused-ring (bicyclic) bond motifs is 1. The van der Waals surface area contributed by atoms with E-state index in [-0.39, 0.29) is 19.0 Å². The Bertz CT molecular complexity index is 955. The van der Waals surface area contributed by atoms with Crippen LogP contribution in [0.4, 0.5) is 23.1 Å². The smallest absolute Gasteiger partial charge is 0.229 e. The summed E-state index contributed by atoms with van der Waals surface area (Å²) in [6.07, 6.45) is 1.80. The van der Waals surface area contributed by atoms with Crippen LogP contribution in [0.5, 0.6) is 0 Å². The number of halogens is 1. The number of nitrogens with zero attached hydrogens (tertiary/aromatic N) is 6. The third-order valence-corrected chi connectivity index (χ3v) is 5.01. The van der Waals surface area contributed by atoms with Crippen molar-refractivity contribution in [1.82, 2.24) is 24.4 Å². The normalized spacial score (nSPS) is 14.8. The topological polar surface area (TPSA) is 108 Å². The first-order chi connectivity index (χ1) is 13.7. The van der Waals surface area contributed by atoms with Crippen molar-refractivity contribution >= 4 is 46.7 Å². The van der Waals surface area contributed by atoms with E-state index in [4.69, 9.17) is 20.8 Å². The van der Waals surface area contributed by atoms with Crippen molar-refractivity contribution in [3.05, 3.63) is 30.6 Å². The van der Waals surface area contributed by atoms with Gasteiger partial charge in [-0.1, -0.05) is 6.07 Å². The van der Waals surface area contributed by atoms with Crippen LogP contribution in [0.25, 0.3) is 11.2 Å². The van der Waals surface area contributed by atoms with Gasteiger partial charge in [-0.05, 0) is 25.1 Å². The van der Waals surface area contributed by atoms with E-state index < -0.39 is 0 Å². The Hall–Kier alpha value is -2.62. The van der Waals surface area contributed by atoms with Gasteiger partial charge in [-0.2, -0.15) is 9.97 Å². The standard InChI is InChI=1S/C19H26N8O.ClH/c1-2-26-13-21-16-17(22-15-5-3-4-14(20)12-15)23-19(24-18(16)26)27-8-6-25(7-9-27)10-11-28;/h3-5,12-13,28H,2,6-11,20H2,1H3,(H,22,23,24);1H. The summed E-state index contributed by atoms with van der Waals surface area (Å²) in [5.74, 6) is 1.37. The quantitative estimate of drug-likeness (QED) is 0.519. The summed E-state index contributed by atoms with van der Waals surface area (Å²) in [5.41, 5.74) is 9.03. The first-order valence-electron chi connectivity index (χ1n) is 9.61. The molecule has 0 unspecified atom stereocenters. The zero-order valence-electron chi connectivity index (χ0n) is 16.5. The number of nitrogens with two attached hydrogens (primary N) is 1. The Labute approximate surface area is 176 Å². The number of anilines is 4.